The number of amides is 1. The number of benzene rings is 3. The van der Waals surface area contributed by atoms with E-state index in [0.717, 1.165) is 55.8 Å². The van der Waals surface area contributed by atoms with Gasteiger partial charge in [0.2, 0.25) is 5.91 Å². The second kappa shape index (κ2) is 10.1. The lowest BCUT2D eigenvalue weighted by Crippen LogP contribution is -2.09. The van der Waals surface area contributed by atoms with E-state index in [1.54, 1.807) is 19.4 Å². The molecule has 4 rings (SSSR count). The number of ether oxygens (including phenoxy) is 2. The molecule has 0 aliphatic heterocycles. The molecule has 0 spiro atoms. The molecule has 1 heterocycles. The van der Waals surface area contributed by atoms with Crippen molar-refractivity contribution >= 4 is 28.1 Å². The van der Waals surface area contributed by atoms with Crippen molar-refractivity contribution in [1.82, 2.24) is 0 Å². The number of carbonyl (C=O) groups excluding carboxylic acids is 1. The van der Waals surface area contributed by atoms with Gasteiger partial charge in [-0.05, 0) is 75.6 Å². The lowest BCUT2D eigenvalue weighted by molar-refractivity contribution is -0.111. The van der Waals surface area contributed by atoms with Gasteiger partial charge >= 0.3 is 0 Å². The number of furan rings is 1. The first-order valence-electron chi connectivity index (χ1n) is 11.7. The van der Waals surface area contributed by atoms with Crippen LogP contribution in [0, 0.1) is 20.8 Å². The number of rotatable bonds is 7. The van der Waals surface area contributed by atoms with Crippen LogP contribution in [0.4, 0.5) is 5.69 Å². The molecule has 0 aliphatic carbocycles. The van der Waals surface area contributed by atoms with Gasteiger partial charge in [-0.15, -0.1) is 0 Å². The fourth-order valence-corrected chi connectivity index (χ4v) is 4.29. The van der Waals surface area contributed by atoms with Crippen molar-refractivity contribution in [3.8, 4) is 22.6 Å². The second-order valence-electron chi connectivity index (χ2n) is 8.65. The fraction of sp³-hybridized carbons (Fsp3) is 0.233. The monoisotopic (exact) mass is 469 g/mol. The molecule has 0 saturated heterocycles. The minimum atomic E-state index is -0.192. The Morgan fingerprint density at radius 2 is 1.80 bits per heavy atom. The maximum absolute atomic E-state index is 12.9. The summed E-state index contributed by atoms with van der Waals surface area (Å²) in [6.07, 6.45) is 3.36. The van der Waals surface area contributed by atoms with E-state index in [-0.39, 0.29) is 5.91 Å². The summed E-state index contributed by atoms with van der Waals surface area (Å²) >= 11 is 0. The van der Waals surface area contributed by atoms with Crippen molar-refractivity contribution < 1.29 is 18.7 Å². The zero-order valence-electron chi connectivity index (χ0n) is 21.1. The molecular weight excluding hydrogens is 438 g/mol. The van der Waals surface area contributed by atoms with Gasteiger partial charge in [0.15, 0.2) is 0 Å². The molecule has 0 saturated carbocycles. The number of hydrogen-bond acceptors (Lipinski definition) is 4. The summed E-state index contributed by atoms with van der Waals surface area (Å²) in [6, 6.07) is 15.8. The van der Waals surface area contributed by atoms with Gasteiger partial charge in [0.05, 0.1) is 20.0 Å². The number of hydrogen-bond donors (Lipinski definition) is 1. The van der Waals surface area contributed by atoms with E-state index in [2.05, 4.69) is 5.32 Å². The average Bonchev–Trinajstić information content (AvgIpc) is 3.27. The highest BCUT2D eigenvalue weighted by Crippen LogP contribution is 2.42. The molecule has 0 fully saturated rings. The molecule has 35 heavy (non-hydrogen) atoms. The van der Waals surface area contributed by atoms with E-state index in [0.29, 0.717) is 12.4 Å². The summed E-state index contributed by atoms with van der Waals surface area (Å²) in [5.41, 5.74) is 8.25. The number of para-hydroxylation sites is 1. The van der Waals surface area contributed by atoms with E-state index in [4.69, 9.17) is 13.9 Å². The highest BCUT2D eigenvalue weighted by Gasteiger charge is 2.20. The molecule has 180 valence electrons. The van der Waals surface area contributed by atoms with Crippen LogP contribution in [-0.4, -0.2) is 19.6 Å². The smallest absolute Gasteiger partial charge is 0.248 e. The molecular formula is C30H31NO4. The zero-order valence-corrected chi connectivity index (χ0v) is 21.1. The number of methoxy groups -OCH3 is 1. The predicted molar refractivity (Wildman–Crippen MR) is 142 cm³/mol. The van der Waals surface area contributed by atoms with Crippen LogP contribution in [-0.2, 0) is 4.79 Å². The number of carbonyl (C=O) groups is 1. The van der Waals surface area contributed by atoms with Gasteiger partial charge < -0.3 is 19.2 Å². The number of allylic oxidation sites excluding steroid dienone is 1. The van der Waals surface area contributed by atoms with Crippen molar-refractivity contribution in [3.05, 3.63) is 83.1 Å². The third-order valence-corrected chi connectivity index (χ3v) is 6.28. The first-order chi connectivity index (χ1) is 16.8. The van der Waals surface area contributed by atoms with Gasteiger partial charge in [-0.2, -0.15) is 0 Å². The lowest BCUT2D eigenvalue weighted by atomic mass is 9.96. The van der Waals surface area contributed by atoms with Crippen molar-refractivity contribution in [3.63, 3.8) is 0 Å². The molecule has 5 heteroatoms. The molecule has 5 nitrogen and oxygen atoms in total. The van der Waals surface area contributed by atoms with E-state index in [1.807, 2.05) is 83.1 Å². The Hall–Kier alpha value is -3.99. The summed E-state index contributed by atoms with van der Waals surface area (Å²) < 4.78 is 17.6. The Labute approximate surface area is 206 Å². The van der Waals surface area contributed by atoms with Crippen LogP contribution in [0.1, 0.15) is 36.1 Å². The lowest BCUT2D eigenvalue weighted by Gasteiger charge is -2.15. The van der Waals surface area contributed by atoms with Gasteiger partial charge in [0, 0.05) is 39.4 Å². The van der Waals surface area contributed by atoms with E-state index >= 15 is 0 Å². The second-order valence-corrected chi connectivity index (χ2v) is 8.65. The standard InChI is InChI=1S/C30H31NO4/c1-7-34-29-21(5)30-25(26(17-35-30)23-10-8-9-11-27(23)33-6)16-24(29)20(4)15-28(32)31-22-13-12-18(2)19(3)14-22/h8-17H,7H2,1-6H3,(H,31,32)/b20-15+. The minimum Gasteiger partial charge on any atom is -0.496 e. The largest absolute Gasteiger partial charge is 0.496 e. The van der Waals surface area contributed by atoms with Crippen LogP contribution in [0.3, 0.4) is 0 Å². The quantitative estimate of drug-likeness (QED) is 0.285. The number of anilines is 1. The number of fused-ring (bicyclic) bond motifs is 1. The van der Waals surface area contributed by atoms with Crippen molar-refractivity contribution in [2.24, 2.45) is 0 Å². The Kier molecular flexibility index (Phi) is 6.97. The summed E-state index contributed by atoms with van der Waals surface area (Å²) in [4.78, 5) is 12.9. The minimum absolute atomic E-state index is 0.192. The van der Waals surface area contributed by atoms with E-state index in [1.165, 1.54) is 5.56 Å². The first kappa shape index (κ1) is 24.1. The molecule has 1 amide bonds. The zero-order chi connectivity index (χ0) is 25.1. The maximum Gasteiger partial charge on any atom is 0.248 e. The molecule has 0 atom stereocenters. The molecule has 4 aromatic rings. The van der Waals surface area contributed by atoms with Crippen LogP contribution < -0.4 is 14.8 Å². The van der Waals surface area contributed by atoms with Crippen LogP contribution in [0.5, 0.6) is 11.5 Å². The van der Waals surface area contributed by atoms with Gasteiger partial charge in [0.1, 0.15) is 17.1 Å². The SMILES string of the molecule is CCOc1c(/C(C)=C/C(=O)Nc2ccc(C)c(C)c2)cc2c(-c3ccccc3OC)coc2c1C. The molecule has 0 bridgehead atoms. The highest BCUT2D eigenvalue weighted by atomic mass is 16.5. The van der Waals surface area contributed by atoms with E-state index in [9.17, 15) is 4.79 Å². The van der Waals surface area contributed by atoms with Gasteiger partial charge in [0.25, 0.3) is 0 Å². The molecule has 0 radical (unpaired) electrons. The topological polar surface area (TPSA) is 60.7 Å². The number of aryl methyl sites for hydroxylation is 3. The van der Waals surface area contributed by atoms with Crippen LogP contribution >= 0.6 is 0 Å². The van der Waals surface area contributed by atoms with Gasteiger partial charge in [-0.1, -0.05) is 24.3 Å². The highest BCUT2D eigenvalue weighted by molar-refractivity contribution is 6.06. The summed E-state index contributed by atoms with van der Waals surface area (Å²) in [6.45, 7) is 10.4. The Bertz CT molecular complexity index is 1430. The van der Waals surface area contributed by atoms with Crippen LogP contribution in [0.2, 0.25) is 0 Å². The Morgan fingerprint density at radius 3 is 2.51 bits per heavy atom. The summed E-state index contributed by atoms with van der Waals surface area (Å²) in [5, 5.41) is 3.91. The van der Waals surface area contributed by atoms with Crippen LogP contribution in [0.15, 0.2) is 65.3 Å². The summed E-state index contributed by atoms with van der Waals surface area (Å²) in [7, 11) is 1.66. The Morgan fingerprint density at radius 1 is 1.03 bits per heavy atom. The third kappa shape index (κ3) is 4.80. The van der Waals surface area contributed by atoms with Crippen molar-refractivity contribution in [2.75, 3.05) is 19.0 Å². The first-order valence-corrected chi connectivity index (χ1v) is 11.7. The maximum atomic E-state index is 12.9. The predicted octanol–water partition coefficient (Wildman–Crippen LogP) is 7.47. The molecule has 1 aromatic heterocycles. The number of nitrogens with one attached hydrogen (secondary N) is 1. The molecule has 3 aromatic carbocycles. The van der Waals surface area contributed by atoms with Gasteiger partial charge in [-0.25, -0.2) is 0 Å². The van der Waals surface area contributed by atoms with E-state index < -0.39 is 0 Å². The average molecular weight is 470 g/mol. The fourth-order valence-electron chi connectivity index (χ4n) is 4.29. The normalized spacial score (nSPS) is 11.5. The molecule has 1 N–H and O–H groups in total. The molecule has 0 aliphatic rings. The van der Waals surface area contributed by atoms with Crippen LogP contribution in [0.25, 0.3) is 27.7 Å². The van der Waals surface area contributed by atoms with Crippen molar-refractivity contribution in [1.29, 1.82) is 0 Å². The molecule has 0 unspecified atom stereocenters. The Balaban J connectivity index is 1.79. The van der Waals surface area contributed by atoms with Gasteiger partial charge in [-0.3, -0.25) is 4.79 Å². The summed E-state index contributed by atoms with van der Waals surface area (Å²) in [5.74, 6) is 1.29. The van der Waals surface area contributed by atoms with Crippen molar-refractivity contribution in [2.45, 2.75) is 34.6 Å². The third-order valence-electron chi connectivity index (χ3n) is 6.28.